The molecule has 0 saturated carbocycles. The van der Waals surface area contributed by atoms with Gasteiger partial charge in [0.15, 0.2) is 0 Å². The molecule has 1 aliphatic carbocycles. The van der Waals surface area contributed by atoms with Gasteiger partial charge in [-0.2, -0.15) is 0 Å². The molecule has 3 rings (SSSR count). The summed E-state index contributed by atoms with van der Waals surface area (Å²) in [6, 6.07) is 1.67. The second-order valence-corrected chi connectivity index (χ2v) is 7.75. The number of carbonyl (C=O) groups is 2. The molecule has 0 bridgehead atoms. The van der Waals surface area contributed by atoms with Crippen LogP contribution in [0.3, 0.4) is 0 Å². The molecule has 158 valence electrons. The second-order valence-electron chi connectivity index (χ2n) is 7.75. The molecule has 1 aliphatic rings. The molecule has 2 heterocycles. The van der Waals surface area contributed by atoms with Crippen LogP contribution in [0.25, 0.3) is 0 Å². The Labute approximate surface area is 184 Å². The van der Waals surface area contributed by atoms with Crippen LogP contribution in [0.1, 0.15) is 103 Å². The van der Waals surface area contributed by atoms with E-state index in [9.17, 15) is 9.59 Å². The van der Waals surface area contributed by atoms with E-state index < -0.39 is 0 Å². The van der Waals surface area contributed by atoms with Gasteiger partial charge in [0, 0.05) is 24.9 Å². The number of imidazole rings is 1. The maximum Gasteiger partial charge on any atom is 0.254 e. The van der Waals surface area contributed by atoms with Gasteiger partial charge in [0.25, 0.3) is 5.82 Å². The summed E-state index contributed by atoms with van der Waals surface area (Å²) in [5.74, 6) is 0.905. The highest BCUT2D eigenvalue weighted by Gasteiger charge is 2.42. The minimum absolute atomic E-state index is 0. The molecule has 0 spiro atoms. The molecular weight excluding hydrogens is 430 g/mol. The van der Waals surface area contributed by atoms with Gasteiger partial charge in [0.05, 0.1) is 18.7 Å². The zero-order valence-electron chi connectivity index (χ0n) is 17.8. The van der Waals surface area contributed by atoms with Crippen molar-refractivity contribution in [1.29, 1.82) is 0 Å². The number of unbranched alkanes of at least 4 members (excludes halogenated alkanes) is 6. The van der Waals surface area contributed by atoms with Crippen LogP contribution >= 0.6 is 0 Å². The lowest BCUT2D eigenvalue weighted by Gasteiger charge is -2.12. The molecule has 0 aliphatic heterocycles. The van der Waals surface area contributed by atoms with Gasteiger partial charge in [-0.05, 0) is 31.7 Å². The topological polar surface area (TPSA) is 55.8 Å². The maximum atomic E-state index is 13.3. The molecule has 0 unspecified atom stereocenters. The van der Waals surface area contributed by atoms with Crippen molar-refractivity contribution >= 4 is 11.6 Å². The number of ketones is 2. The van der Waals surface area contributed by atoms with E-state index in [0.29, 0.717) is 22.5 Å². The number of carbonyl (C=O) groups excluding carboxylic acids is 2. The predicted molar refractivity (Wildman–Crippen MR) is 109 cm³/mol. The fraction of sp³-hybridized carbons (Fsp3) is 0.565. The summed E-state index contributed by atoms with van der Waals surface area (Å²) >= 11 is 0. The molecule has 0 N–H and O–H groups in total. The van der Waals surface area contributed by atoms with Crippen molar-refractivity contribution in [2.24, 2.45) is 0 Å². The van der Waals surface area contributed by atoms with E-state index in [4.69, 9.17) is 0 Å². The Morgan fingerprint density at radius 1 is 0.931 bits per heavy atom. The van der Waals surface area contributed by atoms with Gasteiger partial charge in [-0.1, -0.05) is 39.5 Å². The first-order chi connectivity index (χ1) is 13.6. The summed E-state index contributed by atoms with van der Waals surface area (Å²) < 4.78 is 4.18. The van der Waals surface area contributed by atoms with Crippen molar-refractivity contribution in [3.8, 4) is 0 Å². The highest BCUT2D eigenvalue weighted by Crippen LogP contribution is 2.27. The first-order valence-corrected chi connectivity index (χ1v) is 10.8. The molecule has 29 heavy (non-hydrogen) atoms. The van der Waals surface area contributed by atoms with Crippen LogP contribution in [0.5, 0.6) is 0 Å². The van der Waals surface area contributed by atoms with E-state index in [-0.39, 0.29) is 28.5 Å². The average Bonchev–Trinajstić information content (AvgIpc) is 2.99. The van der Waals surface area contributed by atoms with Crippen molar-refractivity contribution in [3.63, 3.8) is 0 Å². The summed E-state index contributed by atoms with van der Waals surface area (Å²) in [5.41, 5.74) is 2.06. The fourth-order valence-corrected chi connectivity index (χ4v) is 4.15. The molecular formula is C23H32BrN3O2. The van der Waals surface area contributed by atoms with Gasteiger partial charge in [-0.3, -0.25) is 14.6 Å². The number of halogens is 1. The van der Waals surface area contributed by atoms with E-state index in [1.54, 1.807) is 12.3 Å². The lowest BCUT2D eigenvalue weighted by atomic mass is 9.91. The first kappa shape index (κ1) is 23.5. The van der Waals surface area contributed by atoms with Crippen LogP contribution in [0.15, 0.2) is 18.5 Å². The van der Waals surface area contributed by atoms with E-state index in [1.807, 2.05) is 6.92 Å². The van der Waals surface area contributed by atoms with Crippen LogP contribution in [-0.4, -0.2) is 21.1 Å². The second kappa shape index (κ2) is 10.8. The van der Waals surface area contributed by atoms with Crippen LogP contribution in [0, 0.1) is 6.92 Å². The van der Waals surface area contributed by atoms with Gasteiger partial charge < -0.3 is 17.0 Å². The number of fused-ring (bicyclic) bond motifs is 2. The molecule has 0 radical (unpaired) electrons. The standard InChI is InChI=1S/C23H32N3O2.BrH/c1-4-6-8-10-14-25-17(3)26(15-11-9-7-5-2)21-20(25)22(27)18-12-13-24-16-19(18)23(21)28;/h12-13,16H,4-11,14-15H2,1-3H3;1H/q+1;/p-1. The van der Waals surface area contributed by atoms with Gasteiger partial charge >= 0.3 is 0 Å². The maximum absolute atomic E-state index is 13.3. The monoisotopic (exact) mass is 461 g/mol. The van der Waals surface area contributed by atoms with Crippen molar-refractivity contribution in [2.45, 2.75) is 85.2 Å². The Morgan fingerprint density at radius 3 is 2.31 bits per heavy atom. The Balaban J connectivity index is 0.00000300. The summed E-state index contributed by atoms with van der Waals surface area (Å²) in [7, 11) is 0. The zero-order chi connectivity index (χ0) is 20.1. The Kier molecular flexibility index (Phi) is 8.75. The molecule has 5 nitrogen and oxygen atoms in total. The highest BCUT2D eigenvalue weighted by atomic mass is 79.9. The van der Waals surface area contributed by atoms with Crippen LogP contribution in [-0.2, 0) is 13.1 Å². The number of hydrogen-bond donors (Lipinski definition) is 0. The Morgan fingerprint density at radius 2 is 1.62 bits per heavy atom. The predicted octanol–water partition coefficient (Wildman–Crippen LogP) is 1.42. The summed E-state index contributed by atoms with van der Waals surface area (Å²) in [6.45, 7) is 8.00. The van der Waals surface area contributed by atoms with Crippen LogP contribution in [0.2, 0.25) is 0 Å². The minimum atomic E-state index is -0.0661. The van der Waals surface area contributed by atoms with Crippen molar-refractivity contribution < 1.29 is 31.1 Å². The largest absolute Gasteiger partial charge is 1.00 e. The first-order valence-electron chi connectivity index (χ1n) is 10.8. The molecule has 0 saturated heterocycles. The lowest BCUT2D eigenvalue weighted by Crippen LogP contribution is -3.00. The van der Waals surface area contributed by atoms with E-state index in [2.05, 4.69) is 28.0 Å². The Hall–Kier alpha value is -1.82. The smallest absolute Gasteiger partial charge is 0.254 e. The van der Waals surface area contributed by atoms with E-state index in [1.165, 1.54) is 31.9 Å². The molecule has 6 heteroatoms. The molecule has 0 amide bonds. The average molecular weight is 462 g/mol. The SMILES string of the molecule is CCCCCCn1c2c([n+](CCCCCC)c1C)C(=O)c1ccncc1C2=O.[Br-]. The third-order valence-electron chi connectivity index (χ3n) is 5.76. The number of pyridine rings is 1. The molecule has 2 aromatic rings. The zero-order valence-corrected chi connectivity index (χ0v) is 19.4. The van der Waals surface area contributed by atoms with Crippen LogP contribution < -0.4 is 21.5 Å². The lowest BCUT2D eigenvalue weighted by molar-refractivity contribution is -0.704. The van der Waals surface area contributed by atoms with Crippen molar-refractivity contribution in [2.75, 3.05) is 0 Å². The number of aromatic nitrogens is 3. The number of nitrogens with zero attached hydrogens (tertiary/aromatic N) is 3. The molecule has 0 aromatic carbocycles. The summed E-state index contributed by atoms with van der Waals surface area (Å²) in [5, 5.41) is 0. The highest BCUT2D eigenvalue weighted by molar-refractivity contribution is 6.26. The van der Waals surface area contributed by atoms with Gasteiger partial charge in [-0.15, -0.1) is 0 Å². The quantitative estimate of drug-likeness (QED) is 0.338. The van der Waals surface area contributed by atoms with E-state index in [0.717, 1.165) is 44.6 Å². The van der Waals surface area contributed by atoms with Crippen molar-refractivity contribution in [3.05, 3.63) is 46.8 Å². The molecule has 0 atom stereocenters. The summed E-state index contributed by atoms with van der Waals surface area (Å²) in [4.78, 5) is 30.7. The number of rotatable bonds is 10. The van der Waals surface area contributed by atoms with Gasteiger partial charge in [0.2, 0.25) is 23.0 Å². The summed E-state index contributed by atoms with van der Waals surface area (Å²) in [6.07, 6.45) is 12.2. The van der Waals surface area contributed by atoms with Crippen LogP contribution in [0.4, 0.5) is 0 Å². The fourth-order valence-electron chi connectivity index (χ4n) is 4.15. The normalized spacial score (nSPS) is 12.5. The number of hydrogen-bond acceptors (Lipinski definition) is 3. The van der Waals surface area contributed by atoms with Crippen molar-refractivity contribution in [1.82, 2.24) is 9.55 Å². The minimum Gasteiger partial charge on any atom is -1.00 e. The Bertz CT molecular complexity index is 805. The molecule has 2 aromatic heterocycles. The third-order valence-corrected chi connectivity index (χ3v) is 5.76. The van der Waals surface area contributed by atoms with Gasteiger partial charge in [0.1, 0.15) is 0 Å². The molecule has 0 fully saturated rings. The van der Waals surface area contributed by atoms with E-state index >= 15 is 0 Å². The van der Waals surface area contributed by atoms with Gasteiger partial charge in [-0.25, -0.2) is 9.13 Å². The third kappa shape index (κ3) is 4.68.